The fourth-order valence-corrected chi connectivity index (χ4v) is 5.85. The van der Waals surface area contributed by atoms with E-state index in [-0.39, 0.29) is 31.9 Å². The molecule has 1 saturated carbocycles. The molecule has 4 N–H and O–H groups in total. The lowest BCUT2D eigenvalue weighted by Crippen LogP contribution is -2.70. The molecule has 0 bridgehead atoms. The van der Waals surface area contributed by atoms with Gasteiger partial charge in [0.05, 0.1) is 25.0 Å². The van der Waals surface area contributed by atoms with Crippen molar-refractivity contribution in [2.45, 2.75) is 57.8 Å². The molecule has 10 heteroatoms. The molecule has 0 saturated heterocycles. The van der Waals surface area contributed by atoms with Gasteiger partial charge in [0.15, 0.2) is 0 Å². The van der Waals surface area contributed by atoms with Crippen LogP contribution in [0.4, 0.5) is 4.79 Å². The van der Waals surface area contributed by atoms with E-state index >= 15 is 0 Å². The van der Waals surface area contributed by atoms with Gasteiger partial charge in [-0.3, -0.25) is 19.3 Å². The van der Waals surface area contributed by atoms with E-state index in [9.17, 15) is 24.3 Å². The number of nitrogens with one attached hydrogen (secondary N) is 3. The summed E-state index contributed by atoms with van der Waals surface area (Å²) in [7, 11) is 0. The molecule has 2 heterocycles. The molecule has 2 aliphatic carbocycles. The minimum Gasteiger partial charge on any atom is -0.481 e. The van der Waals surface area contributed by atoms with Gasteiger partial charge in [0.25, 0.3) is 0 Å². The van der Waals surface area contributed by atoms with E-state index < -0.39 is 46.9 Å². The Morgan fingerprint density at radius 3 is 2.59 bits per heavy atom. The molecular weight excluding hydrogens is 500 g/mol. The maximum absolute atomic E-state index is 14.3. The molecule has 2 aromatic rings. The SMILES string of the molecule is CCOC(=O)N1Cc2[nH]c3ccccc3c2CC1(C)C(=O)NC1(NC(=O)C2CC2C(=O)O)C=CC=CC1CC. The Morgan fingerprint density at radius 1 is 1.13 bits per heavy atom. The van der Waals surface area contributed by atoms with Crippen LogP contribution in [0.5, 0.6) is 0 Å². The van der Waals surface area contributed by atoms with Crippen molar-refractivity contribution in [3.8, 4) is 0 Å². The van der Waals surface area contributed by atoms with E-state index in [2.05, 4.69) is 15.6 Å². The molecule has 1 aliphatic heterocycles. The summed E-state index contributed by atoms with van der Waals surface area (Å²) in [4.78, 5) is 56.8. The predicted molar refractivity (Wildman–Crippen MR) is 143 cm³/mol. The normalized spacial score (nSPS) is 29.0. The zero-order chi connectivity index (χ0) is 27.9. The number of aliphatic carboxylic acids is 1. The molecule has 3 aliphatic rings. The first-order valence-electron chi connectivity index (χ1n) is 13.4. The molecule has 5 rings (SSSR count). The number of rotatable bonds is 7. The first kappa shape index (κ1) is 26.5. The summed E-state index contributed by atoms with van der Waals surface area (Å²) in [5, 5.41) is 16.4. The lowest BCUT2D eigenvalue weighted by atomic mass is 9.81. The highest BCUT2D eigenvalue weighted by molar-refractivity contribution is 5.95. The van der Waals surface area contributed by atoms with Crippen LogP contribution < -0.4 is 10.6 Å². The number of carbonyl (C=O) groups is 4. The Kier molecular flexibility index (Phi) is 6.74. The molecule has 1 aromatic carbocycles. The average molecular weight is 535 g/mol. The minimum absolute atomic E-state index is 0.154. The molecule has 1 fully saturated rings. The van der Waals surface area contributed by atoms with Gasteiger partial charge in [-0.1, -0.05) is 43.4 Å². The first-order chi connectivity index (χ1) is 18.6. The number of hydrogen-bond donors (Lipinski definition) is 4. The number of para-hydroxylation sites is 1. The number of aromatic nitrogens is 1. The van der Waals surface area contributed by atoms with Crippen LogP contribution in [0.3, 0.4) is 0 Å². The number of hydrogen-bond acceptors (Lipinski definition) is 5. The zero-order valence-electron chi connectivity index (χ0n) is 22.3. The Hall–Kier alpha value is -4.08. The van der Waals surface area contributed by atoms with Crippen molar-refractivity contribution < 1.29 is 29.0 Å². The molecule has 39 heavy (non-hydrogen) atoms. The summed E-state index contributed by atoms with van der Waals surface area (Å²) < 4.78 is 5.35. The van der Waals surface area contributed by atoms with E-state index in [0.717, 1.165) is 22.2 Å². The molecule has 5 atom stereocenters. The van der Waals surface area contributed by atoms with Gasteiger partial charge >= 0.3 is 12.1 Å². The van der Waals surface area contributed by atoms with Crippen molar-refractivity contribution in [1.29, 1.82) is 0 Å². The summed E-state index contributed by atoms with van der Waals surface area (Å²) in [5.74, 6) is -3.54. The summed E-state index contributed by atoms with van der Waals surface area (Å²) >= 11 is 0. The summed E-state index contributed by atoms with van der Waals surface area (Å²) in [6.07, 6.45) is 7.73. The van der Waals surface area contributed by atoms with Crippen LogP contribution in [-0.2, 0) is 32.1 Å². The smallest absolute Gasteiger partial charge is 0.411 e. The third-order valence-electron chi connectivity index (χ3n) is 8.25. The van der Waals surface area contributed by atoms with Crippen molar-refractivity contribution in [2.24, 2.45) is 17.8 Å². The van der Waals surface area contributed by atoms with E-state index in [1.54, 1.807) is 26.0 Å². The molecule has 0 radical (unpaired) electrons. The number of H-pyrrole nitrogens is 1. The Balaban J connectivity index is 1.50. The van der Waals surface area contributed by atoms with E-state index in [1.165, 1.54) is 4.90 Å². The molecule has 0 spiro atoms. The van der Waals surface area contributed by atoms with Gasteiger partial charge in [0, 0.05) is 28.9 Å². The Labute approximate surface area is 226 Å². The quantitative estimate of drug-likeness (QED) is 0.402. The van der Waals surface area contributed by atoms with E-state index in [0.29, 0.717) is 6.42 Å². The number of nitrogens with zero attached hydrogens (tertiary/aromatic N) is 1. The number of fused-ring (bicyclic) bond motifs is 3. The molecular formula is C29H34N4O6. The molecule has 1 aromatic heterocycles. The third-order valence-corrected chi connectivity index (χ3v) is 8.25. The van der Waals surface area contributed by atoms with Crippen LogP contribution in [0.15, 0.2) is 48.6 Å². The number of amides is 3. The summed E-state index contributed by atoms with van der Waals surface area (Å²) in [6, 6.07) is 7.80. The minimum atomic E-state index is -1.33. The van der Waals surface area contributed by atoms with Gasteiger partial charge in [-0.25, -0.2) is 4.79 Å². The predicted octanol–water partition coefficient (Wildman–Crippen LogP) is 3.24. The van der Waals surface area contributed by atoms with Gasteiger partial charge in [-0.15, -0.1) is 0 Å². The van der Waals surface area contributed by atoms with Crippen LogP contribution >= 0.6 is 0 Å². The average Bonchev–Trinajstić information content (AvgIpc) is 3.65. The van der Waals surface area contributed by atoms with Crippen LogP contribution in [0.25, 0.3) is 10.9 Å². The fraction of sp³-hybridized carbons (Fsp3) is 0.448. The van der Waals surface area contributed by atoms with Gasteiger partial charge in [-0.05, 0) is 44.4 Å². The van der Waals surface area contributed by atoms with Crippen molar-refractivity contribution >= 4 is 34.8 Å². The van der Waals surface area contributed by atoms with Crippen LogP contribution in [0.1, 0.15) is 44.9 Å². The highest BCUT2D eigenvalue weighted by atomic mass is 16.6. The maximum atomic E-state index is 14.3. The van der Waals surface area contributed by atoms with Crippen molar-refractivity contribution in [2.75, 3.05) is 6.61 Å². The van der Waals surface area contributed by atoms with E-state index in [1.807, 2.05) is 43.3 Å². The van der Waals surface area contributed by atoms with Crippen LogP contribution in [0, 0.1) is 17.8 Å². The zero-order valence-corrected chi connectivity index (χ0v) is 22.3. The molecule has 5 unspecified atom stereocenters. The number of ether oxygens (including phenoxy) is 1. The largest absolute Gasteiger partial charge is 0.481 e. The van der Waals surface area contributed by atoms with Crippen LogP contribution in [-0.4, -0.2) is 56.7 Å². The van der Waals surface area contributed by atoms with Crippen LogP contribution in [0.2, 0.25) is 0 Å². The lowest BCUT2D eigenvalue weighted by Gasteiger charge is -2.46. The highest BCUT2D eigenvalue weighted by Crippen LogP contribution is 2.40. The fourth-order valence-electron chi connectivity index (χ4n) is 5.85. The van der Waals surface area contributed by atoms with Crippen molar-refractivity contribution in [3.05, 3.63) is 59.8 Å². The standard InChI is InChI=1S/C29H34N4O6/c1-4-17-10-8-9-13-29(17,31-24(34)19-14-20(19)25(35)36)32-26(37)28(3)15-21-18-11-6-7-12-22(18)30-23(21)16-33(28)27(38)39-5-2/h6-13,17,19-20,30H,4-5,14-16H2,1-3H3,(H,31,34)(H,32,37)(H,35,36). The highest BCUT2D eigenvalue weighted by Gasteiger charge is 2.53. The van der Waals surface area contributed by atoms with Gasteiger partial charge in [-0.2, -0.15) is 0 Å². The second kappa shape index (κ2) is 9.91. The number of carboxylic acids is 1. The third kappa shape index (κ3) is 4.57. The maximum Gasteiger partial charge on any atom is 0.411 e. The van der Waals surface area contributed by atoms with E-state index in [4.69, 9.17) is 4.74 Å². The molecule has 3 amide bonds. The number of benzene rings is 1. The lowest BCUT2D eigenvalue weighted by molar-refractivity contribution is -0.141. The number of allylic oxidation sites excluding steroid dienone is 2. The second-order valence-corrected chi connectivity index (χ2v) is 10.7. The Bertz CT molecular complexity index is 1400. The van der Waals surface area contributed by atoms with Crippen molar-refractivity contribution in [3.63, 3.8) is 0 Å². The Morgan fingerprint density at radius 2 is 1.90 bits per heavy atom. The van der Waals surface area contributed by atoms with Gasteiger partial charge in [0.1, 0.15) is 11.2 Å². The molecule has 10 nitrogen and oxygen atoms in total. The van der Waals surface area contributed by atoms with Gasteiger partial charge < -0.3 is 25.5 Å². The number of carboxylic acid groups (broad SMARTS) is 1. The summed E-state index contributed by atoms with van der Waals surface area (Å²) in [5.41, 5.74) is 0.0997. The first-order valence-corrected chi connectivity index (χ1v) is 13.4. The van der Waals surface area contributed by atoms with Crippen molar-refractivity contribution in [1.82, 2.24) is 20.5 Å². The monoisotopic (exact) mass is 534 g/mol. The number of carbonyl (C=O) groups excluding carboxylic acids is 3. The summed E-state index contributed by atoms with van der Waals surface area (Å²) in [6.45, 7) is 5.69. The molecule has 206 valence electrons. The topological polar surface area (TPSA) is 141 Å². The van der Waals surface area contributed by atoms with Gasteiger partial charge in [0.2, 0.25) is 11.8 Å². The second-order valence-electron chi connectivity index (χ2n) is 10.7. The number of aromatic amines is 1.